The van der Waals surface area contributed by atoms with Crippen molar-refractivity contribution in [1.29, 1.82) is 0 Å². The number of nitrogens with zero attached hydrogens (tertiary/aromatic N) is 1. The fraction of sp³-hybridized carbons (Fsp3) is 0.250. The van der Waals surface area contributed by atoms with E-state index in [1.807, 2.05) is 56.3 Å². The van der Waals surface area contributed by atoms with E-state index in [0.29, 0.717) is 5.82 Å². The van der Waals surface area contributed by atoms with Gasteiger partial charge in [0.15, 0.2) is 0 Å². The Morgan fingerprint density at radius 1 is 1.25 bits per heavy atom. The fourth-order valence-electron chi connectivity index (χ4n) is 2.20. The van der Waals surface area contributed by atoms with E-state index in [-0.39, 0.29) is 18.4 Å². The van der Waals surface area contributed by atoms with Crippen LogP contribution in [0.4, 0.5) is 5.82 Å². The quantitative estimate of drug-likeness (QED) is 0.895. The number of hydrogen-bond donors (Lipinski definition) is 2. The third-order valence-electron chi connectivity index (χ3n) is 3.10. The number of benzene rings is 1. The molecule has 1 heterocycles. The number of aryl methyl sites for hydroxylation is 2. The molecule has 104 valence electrons. The zero-order valence-corrected chi connectivity index (χ0v) is 11.8. The van der Waals surface area contributed by atoms with E-state index in [9.17, 15) is 4.79 Å². The van der Waals surface area contributed by atoms with Crippen molar-refractivity contribution in [1.82, 2.24) is 4.98 Å². The number of nitrogens with one attached hydrogen (secondary N) is 1. The van der Waals surface area contributed by atoms with E-state index < -0.39 is 0 Å². The van der Waals surface area contributed by atoms with Crippen LogP contribution in [0.2, 0.25) is 0 Å². The molecule has 0 fully saturated rings. The second kappa shape index (κ2) is 6.30. The van der Waals surface area contributed by atoms with E-state index in [4.69, 9.17) is 5.73 Å². The van der Waals surface area contributed by atoms with Gasteiger partial charge in [0.1, 0.15) is 5.82 Å². The molecule has 0 radical (unpaired) electrons. The number of amides is 1. The Labute approximate surface area is 119 Å². The Kier molecular flexibility index (Phi) is 4.48. The second-order valence-corrected chi connectivity index (χ2v) is 4.86. The van der Waals surface area contributed by atoms with Crippen LogP contribution < -0.4 is 11.1 Å². The first-order valence-electron chi connectivity index (χ1n) is 6.61. The predicted molar refractivity (Wildman–Crippen MR) is 80.6 cm³/mol. The molecule has 2 aromatic rings. The molecule has 1 atom stereocenters. The summed E-state index contributed by atoms with van der Waals surface area (Å²) >= 11 is 0. The normalized spacial score (nSPS) is 11.9. The molecule has 1 unspecified atom stereocenters. The van der Waals surface area contributed by atoms with Crippen LogP contribution in [-0.2, 0) is 4.79 Å². The van der Waals surface area contributed by atoms with Gasteiger partial charge in [-0.1, -0.05) is 30.3 Å². The number of aromatic nitrogens is 1. The summed E-state index contributed by atoms with van der Waals surface area (Å²) in [5, 5.41) is 2.84. The van der Waals surface area contributed by atoms with E-state index >= 15 is 0 Å². The Morgan fingerprint density at radius 2 is 1.95 bits per heavy atom. The average molecular weight is 269 g/mol. The molecule has 0 aliphatic rings. The van der Waals surface area contributed by atoms with Gasteiger partial charge in [0, 0.05) is 12.2 Å². The zero-order chi connectivity index (χ0) is 14.5. The van der Waals surface area contributed by atoms with E-state index in [1.54, 1.807) is 0 Å². The highest BCUT2D eigenvalue weighted by Gasteiger charge is 2.19. The van der Waals surface area contributed by atoms with Crippen LogP contribution in [-0.4, -0.2) is 17.4 Å². The molecule has 0 aliphatic carbocycles. The molecule has 1 aromatic heterocycles. The summed E-state index contributed by atoms with van der Waals surface area (Å²) in [6, 6.07) is 13.4. The number of anilines is 1. The lowest BCUT2D eigenvalue weighted by molar-refractivity contribution is -0.117. The van der Waals surface area contributed by atoms with E-state index in [2.05, 4.69) is 10.3 Å². The molecule has 4 heteroatoms. The van der Waals surface area contributed by atoms with Crippen LogP contribution in [0.15, 0.2) is 42.5 Å². The minimum Gasteiger partial charge on any atom is -0.329 e. The van der Waals surface area contributed by atoms with Crippen LogP contribution >= 0.6 is 0 Å². The smallest absolute Gasteiger partial charge is 0.234 e. The number of pyridine rings is 1. The summed E-state index contributed by atoms with van der Waals surface area (Å²) in [6.45, 7) is 4.14. The lowest BCUT2D eigenvalue weighted by Crippen LogP contribution is -2.27. The van der Waals surface area contributed by atoms with Gasteiger partial charge in [-0.3, -0.25) is 4.79 Å². The van der Waals surface area contributed by atoms with Gasteiger partial charge in [0.2, 0.25) is 5.91 Å². The third-order valence-corrected chi connectivity index (χ3v) is 3.10. The molecule has 1 amide bonds. The highest BCUT2D eigenvalue weighted by molar-refractivity contribution is 5.95. The lowest BCUT2D eigenvalue weighted by Gasteiger charge is -2.15. The van der Waals surface area contributed by atoms with E-state index in [1.165, 1.54) is 0 Å². The molecule has 0 saturated carbocycles. The average Bonchev–Trinajstić information content (AvgIpc) is 2.39. The Bertz CT molecular complexity index is 576. The highest BCUT2D eigenvalue weighted by atomic mass is 16.1. The molecule has 20 heavy (non-hydrogen) atoms. The molecule has 4 nitrogen and oxygen atoms in total. The monoisotopic (exact) mass is 269 g/mol. The van der Waals surface area contributed by atoms with E-state index in [0.717, 1.165) is 16.8 Å². The Hall–Kier alpha value is -2.20. The third kappa shape index (κ3) is 3.42. The van der Waals surface area contributed by atoms with Crippen molar-refractivity contribution in [3.63, 3.8) is 0 Å². The SMILES string of the molecule is Cc1cc(C)nc(NC(=O)C(CN)c2ccccc2)c1. The van der Waals surface area contributed by atoms with Crippen molar-refractivity contribution in [3.05, 3.63) is 59.3 Å². The first-order valence-corrected chi connectivity index (χ1v) is 6.61. The minimum atomic E-state index is -0.362. The summed E-state index contributed by atoms with van der Waals surface area (Å²) in [7, 11) is 0. The molecule has 3 N–H and O–H groups in total. The van der Waals surface area contributed by atoms with Gasteiger partial charge >= 0.3 is 0 Å². The van der Waals surface area contributed by atoms with Gasteiger partial charge in [-0.2, -0.15) is 0 Å². The topological polar surface area (TPSA) is 68.0 Å². The summed E-state index contributed by atoms with van der Waals surface area (Å²) in [6.07, 6.45) is 0. The van der Waals surface area contributed by atoms with Crippen LogP contribution in [0, 0.1) is 13.8 Å². The zero-order valence-electron chi connectivity index (χ0n) is 11.8. The summed E-state index contributed by atoms with van der Waals surface area (Å²) in [5.74, 6) is 0.0805. The predicted octanol–water partition coefficient (Wildman–Crippen LogP) is 2.38. The van der Waals surface area contributed by atoms with Gasteiger partial charge in [-0.25, -0.2) is 4.98 Å². The number of hydrogen-bond acceptors (Lipinski definition) is 3. The van der Waals surface area contributed by atoms with Gasteiger partial charge in [0.05, 0.1) is 5.92 Å². The lowest BCUT2D eigenvalue weighted by atomic mass is 9.98. The van der Waals surface area contributed by atoms with Crippen LogP contribution in [0.3, 0.4) is 0 Å². The molecule has 2 rings (SSSR count). The van der Waals surface area contributed by atoms with Crippen molar-refractivity contribution < 1.29 is 4.79 Å². The molecular formula is C16H19N3O. The number of nitrogens with two attached hydrogens (primary N) is 1. The van der Waals surface area contributed by atoms with Crippen molar-refractivity contribution in [2.45, 2.75) is 19.8 Å². The van der Waals surface area contributed by atoms with Crippen molar-refractivity contribution in [2.24, 2.45) is 5.73 Å². The summed E-state index contributed by atoms with van der Waals surface area (Å²) < 4.78 is 0. The minimum absolute atomic E-state index is 0.129. The van der Waals surface area contributed by atoms with Gasteiger partial charge in [0.25, 0.3) is 0 Å². The van der Waals surface area contributed by atoms with Crippen LogP contribution in [0.5, 0.6) is 0 Å². The Balaban J connectivity index is 2.18. The molecule has 0 spiro atoms. The molecule has 1 aromatic carbocycles. The van der Waals surface area contributed by atoms with Gasteiger partial charge in [-0.05, 0) is 37.1 Å². The molecular weight excluding hydrogens is 250 g/mol. The van der Waals surface area contributed by atoms with Gasteiger partial charge < -0.3 is 11.1 Å². The highest BCUT2D eigenvalue weighted by Crippen LogP contribution is 2.17. The molecule has 0 aliphatic heterocycles. The largest absolute Gasteiger partial charge is 0.329 e. The van der Waals surface area contributed by atoms with Crippen molar-refractivity contribution in [2.75, 3.05) is 11.9 Å². The Morgan fingerprint density at radius 3 is 2.55 bits per heavy atom. The first-order chi connectivity index (χ1) is 9.60. The van der Waals surface area contributed by atoms with Crippen LogP contribution in [0.25, 0.3) is 0 Å². The summed E-state index contributed by atoms with van der Waals surface area (Å²) in [4.78, 5) is 16.6. The maximum absolute atomic E-state index is 12.3. The van der Waals surface area contributed by atoms with Crippen molar-refractivity contribution >= 4 is 11.7 Å². The standard InChI is InChI=1S/C16H19N3O/c1-11-8-12(2)18-15(9-11)19-16(20)14(10-17)13-6-4-3-5-7-13/h3-9,14H,10,17H2,1-2H3,(H,18,19,20). The maximum Gasteiger partial charge on any atom is 0.234 e. The number of carbonyl (C=O) groups is 1. The first kappa shape index (κ1) is 14.2. The fourth-order valence-corrected chi connectivity index (χ4v) is 2.20. The summed E-state index contributed by atoms with van der Waals surface area (Å²) in [5.41, 5.74) is 8.60. The maximum atomic E-state index is 12.3. The van der Waals surface area contributed by atoms with Gasteiger partial charge in [-0.15, -0.1) is 0 Å². The number of rotatable bonds is 4. The van der Waals surface area contributed by atoms with Crippen LogP contribution in [0.1, 0.15) is 22.7 Å². The second-order valence-electron chi connectivity index (χ2n) is 4.86. The molecule has 0 bridgehead atoms. The van der Waals surface area contributed by atoms with Crippen molar-refractivity contribution in [3.8, 4) is 0 Å². The molecule has 0 saturated heterocycles. The number of carbonyl (C=O) groups excluding carboxylic acids is 1.